The fraction of sp³-hybridized carbons (Fsp3) is 0.333. The van der Waals surface area contributed by atoms with Gasteiger partial charge < -0.3 is 19.7 Å². The summed E-state index contributed by atoms with van der Waals surface area (Å²) in [6.45, 7) is 1.47. The summed E-state index contributed by atoms with van der Waals surface area (Å²) in [5.74, 6) is -0.182. The van der Waals surface area contributed by atoms with E-state index in [1.54, 1.807) is 38.2 Å². The average Bonchev–Trinajstić information content (AvgIpc) is 3.16. The maximum atomic E-state index is 12.0. The number of furan rings is 1. The van der Waals surface area contributed by atoms with Crippen molar-refractivity contribution in [2.75, 3.05) is 20.1 Å². The van der Waals surface area contributed by atoms with Gasteiger partial charge in [-0.25, -0.2) is 0 Å². The van der Waals surface area contributed by atoms with Gasteiger partial charge in [0.1, 0.15) is 11.4 Å². The van der Waals surface area contributed by atoms with Gasteiger partial charge in [0.15, 0.2) is 0 Å². The molecule has 6 nitrogen and oxygen atoms in total. The number of nitrogens with one attached hydrogen (secondary N) is 1. The van der Waals surface area contributed by atoms with E-state index >= 15 is 0 Å². The molecule has 0 aliphatic rings. The van der Waals surface area contributed by atoms with Gasteiger partial charge in [0.25, 0.3) is 5.91 Å². The largest absolute Gasteiger partial charge is 0.466 e. The van der Waals surface area contributed by atoms with Crippen molar-refractivity contribution < 1.29 is 19.1 Å². The minimum atomic E-state index is -1.30. The summed E-state index contributed by atoms with van der Waals surface area (Å²) < 4.78 is 5.13. The molecule has 0 bridgehead atoms. The minimum Gasteiger partial charge on any atom is -0.466 e. The molecule has 0 radical (unpaired) electrons. The maximum Gasteiger partial charge on any atom is 0.264 e. The Hall–Kier alpha value is -2.12. The molecule has 7 heteroatoms. The number of aliphatic hydroxyl groups is 1. The molecule has 22 heavy (non-hydrogen) atoms. The number of carbonyl (C=O) groups is 2. The van der Waals surface area contributed by atoms with E-state index in [0.717, 1.165) is 0 Å². The number of thiophene rings is 1. The van der Waals surface area contributed by atoms with E-state index in [-0.39, 0.29) is 24.9 Å². The van der Waals surface area contributed by atoms with Crippen LogP contribution < -0.4 is 5.32 Å². The van der Waals surface area contributed by atoms with Crippen molar-refractivity contribution in [2.24, 2.45) is 0 Å². The molecular weight excluding hydrogens is 304 g/mol. The van der Waals surface area contributed by atoms with Crippen molar-refractivity contribution in [1.29, 1.82) is 0 Å². The first-order valence-corrected chi connectivity index (χ1v) is 7.60. The number of rotatable bonds is 6. The highest BCUT2D eigenvalue weighted by Crippen LogP contribution is 2.19. The van der Waals surface area contributed by atoms with Crippen LogP contribution in [0.3, 0.4) is 0 Å². The molecule has 0 aliphatic heterocycles. The number of amides is 2. The molecule has 118 valence electrons. The fourth-order valence-corrected chi connectivity index (χ4v) is 2.59. The number of hydrogen-bond donors (Lipinski definition) is 2. The third kappa shape index (κ3) is 3.96. The molecular formula is C15H18N2O4S. The second-order valence-electron chi connectivity index (χ2n) is 5.17. The Morgan fingerprint density at radius 3 is 2.77 bits per heavy atom. The molecule has 0 fully saturated rings. The Balaban J connectivity index is 1.84. The van der Waals surface area contributed by atoms with Crippen molar-refractivity contribution in [2.45, 2.75) is 12.5 Å². The van der Waals surface area contributed by atoms with Crippen LogP contribution in [0.5, 0.6) is 0 Å². The van der Waals surface area contributed by atoms with Crippen LogP contribution in [0.25, 0.3) is 0 Å². The lowest BCUT2D eigenvalue weighted by Crippen LogP contribution is -2.43. The molecule has 0 spiro atoms. The Morgan fingerprint density at radius 1 is 1.41 bits per heavy atom. The Bertz CT molecular complexity index is 620. The van der Waals surface area contributed by atoms with E-state index in [1.807, 2.05) is 5.38 Å². The number of nitrogens with zero attached hydrogens (tertiary/aromatic N) is 1. The first kappa shape index (κ1) is 16.3. The number of carbonyl (C=O) groups excluding carboxylic acids is 2. The monoisotopic (exact) mass is 322 g/mol. The first-order valence-electron chi connectivity index (χ1n) is 6.72. The van der Waals surface area contributed by atoms with E-state index in [9.17, 15) is 14.7 Å². The standard InChI is InChI=1S/C15H18N2O4S/c1-15(20,12-6-3-7-21-12)10-16-13(18)9-17(2)14(19)11-5-4-8-22-11/h3-8,20H,9-10H2,1-2H3,(H,16,18). The molecule has 2 rings (SSSR count). The molecule has 2 amide bonds. The number of likely N-dealkylation sites (N-methyl/N-ethyl adjacent to an activating group) is 1. The zero-order chi connectivity index (χ0) is 16.2. The van der Waals surface area contributed by atoms with Gasteiger partial charge in [0.05, 0.1) is 24.2 Å². The third-order valence-electron chi connectivity index (χ3n) is 3.14. The van der Waals surface area contributed by atoms with Crippen LogP contribution in [0, 0.1) is 0 Å². The Morgan fingerprint density at radius 2 is 2.18 bits per heavy atom. The molecule has 2 aromatic heterocycles. The summed E-state index contributed by atoms with van der Waals surface area (Å²) in [7, 11) is 1.56. The second kappa shape index (κ2) is 6.76. The van der Waals surface area contributed by atoms with E-state index in [4.69, 9.17) is 4.42 Å². The van der Waals surface area contributed by atoms with Crippen LogP contribution >= 0.6 is 11.3 Å². The molecule has 0 saturated heterocycles. The maximum absolute atomic E-state index is 12.0. The normalized spacial score (nSPS) is 13.4. The van der Waals surface area contributed by atoms with Crippen LogP contribution in [-0.2, 0) is 10.4 Å². The fourth-order valence-electron chi connectivity index (χ4n) is 1.87. The van der Waals surface area contributed by atoms with Crippen LogP contribution in [0.2, 0.25) is 0 Å². The van der Waals surface area contributed by atoms with E-state index in [1.165, 1.54) is 22.5 Å². The Kier molecular flexibility index (Phi) is 4.99. The summed E-state index contributed by atoms with van der Waals surface area (Å²) in [4.78, 5) is 25.8. The predicted molar refractivity (Wildman–Crippen MR) is 82.6 cm³/mol. The molecule has 0 aromatic carbocycles. The lowest BCUT2D eigenvalue weighted by atomic mass is 10.0. The molecule has 0 aliphatic carbocycles. The molecule has 2 heterocycles. The predicted octanol–water partition coefficient (Wildman–Crippen LogP) is 1.44. The molecule has 0 saturated carbocycles. The highest BCUT2D eigenvalue weighted by Gasteiger charge is 2.27. The minimum absolute atomic E-state index is 0.000376. The SMILES string of the molecule is CN(CC(=O)NCC(C)(O)c1ccco1)C(=O)c1cccs1. The third-order valence-corrected chi connectivity index (χ3v) is 4.00. The van der Waals surface area contributed by atoms with Crippen molar-refractivity contribution in [1.82, 2.24) is 10.2 Å². The van der Waals surface area contributed by atoms with Crippen molar-refractivity contribution >= 4 is 23.2 Å². The van der Waals surface area contributed by atoms with Gasteiger partial charge in [-0.15, -0.1) is 11.3 Å². The highest BCUT2D eigenvalue weighted by atomic mass is 32.1. The molecule has 2 N–H and O–H groups in total. The van der Waals surface area contributed by atoms with Crippen LogP contribution in [-0.4, -0.2) is 42.0 Å². The van der Waals surface area contributed by atoms with Crippen molar-refractivity contribution in [3.8, 4) is 0 Å². The highest BCUT2D eigenvalue weighted by molar-refractivity contribution is 7.12. The van der Waals surface area contributed by atoms with Gasteiger partial charge in [-0.05, 0) is 30.5 Å². The van der Waals surface area contributed by atoms with Gasteiger partial charge in [0, 0.05) is 7.05 Å². The molecule has 1 unspecified atom stereocenters. The van der Waals surface area contributed by atoms with Crippen LogP contribution in [0.1, 0.15) is 22.4 Å². The molecule has 2 aromatic rings. The summed E-state index contributed by atoms with van der Waals surface area (Å²) >= 11 is 1.33. The molecule has 1 atom stereocenters. The van der Waals surface area contributed by atoms with E-state index < -0.39 is 5.60 Å². The van der Waals surface area contributed by atoms with Crippen molar-refractivity contribution in [3.05, 3.63) is 46.5 Å². The summed E-state index contributed by atoms with van der Waals surface area (Å²) in [5, 5.41) is 14.6. The Labute approximate surface area is 132 Å². The quantitative estimate of drug-likeness (QED) is 0.843. The lowest BCUT2D eigenvalue weighted by Gasteiger charge is -2.22. The van der Waals surface area contributed by atoms with Crippen LogP contribution in [0.15, 0.2) is 40.3 Å². The zero-order valence-electron chi connectivity index (χ0n) is 12.4. The van der Waals surface area contributed by atoms with Gasteiger partial charge >= 0.3 is 0 Å². The van der Waals surface area contributed by atoms with Gasteiger partial charge in [-0.1, -0.05) is 6.07 Å². The van der Waals surface area contributed by atoms with E-state index in [2.05, 4.69) is 5.32 Å². The van der Waals surface area contributed by atoms with Gasteiger partial charge in [-0.2, -0.15) is 0 Å². The summed E-state index contributed by atoms with van der Waals surface area (Å²) in [6, 6.07) is 6.80. The van der Waals surface area contributed by atoms with Crippen molar-refractivity contribution in [3.63, 3.8) is 0 Å². The van der Waals surface area contributed by atoms with Crippen LogP contribution in [0.4, 0.5) is 0 Å². The van der Waals surface area contributed by atoms with Gasteiger partial charge in [0.2, 0.25) is 5.91 Å². The topological polar surface area (TPSA) is 82.8 Å². The number of hydrogen-bond acceptors (Lipinski definition) is 5. The first-order chi connectivity index (χ1) is 10.4. The van der Waals surface area contributed by atoms with Gasteiger partial charge in [-0.3, -0.25) is 9.59 Å². The summed E-state index contributed by atoms with van der Waals surface area (Å²) in [6.07, 6.45) is 1.46. The lowest BCUT2D eigenvalue weighted by molar-refractivity contribution is -0.122. The smallest absolute Gasteiger partial charge is 0.264 e. The zero-order valence-corrected chi connectivity index (χ0v) is 13.2. The average molecular weight is 322 g/mol. The summed E-state index contributed by atoms with van der Waals surface area (Å²) in [5.41, 5.74) is -1.30. The van der Waals surface area contributed by atoms with E-state index in [0.29, 0.717) is 10.6 Å². The second-order valence-corrected chi connectivity index (χ2v) is 6.11.